The predicted octanol–water partition coefficient (Wildman–Crippen LogP) is 4.00. The number of benzene rings is 2. The lowest BCUT2D eigenvalue weighted by atomic mass is 10.1. The van der Waals surface area contributed by atoms with Gasteiger partial charge < -0.3 is 5.32 Å². The van der Waals surface area contributed by atoms with E-state index in [0.717, 1.165) is 41.9 Å². The molecule has 2 aromatic carbocycles. The number of para-hydroxylation sites is 1. The molecule has 0 radical (unpaired) electrons. The number of carbonyl (C=O) groups is 1. The molecule has 7 heteroatoms. The Morgan fingerprint density at radius 1 is 1.07 bits per heavy atom. The van der Waals surface area contributed by atoms with Crippen molar-refractivity contribution in [3.63, 3.8) is 0 Å². The first-order valence-electron chi connectivity index (χ1n) is 9.92. The molecule has 0 saturated carbocycles. The van der Waals surface area contributed by atoms with Crippen LogP contribution in [0.25, 0.3) is 16.9 Å². The Hall–Kier alpha value is -3.74. The topological polar surface area (TPSA) is 64.7 Å². The summed E-state index contributed by atoms with van der Waals surface area (Å²) in [7, 11) is 0. The Morgan fingerprint density at radius 2 is 1.87 bits per heavy atom. The molecule has 150 valence electrons. The first kappa shape index (κ1) is 18.3. The van der Waals surface area contributed by atoms with E-state index in [2.05, 4.69) is 15.5 Å². The molecular weight excluding hydrogens is 381 g/mol. The van der Waals surface area contributed by atoms with Gasteiger partial charge in [0.15, 0.2) is 5.82 Å². The number of nitrogens with one attached hydrogen (secondary N) is 1. The van der Waals surface area contributed by atoms with Gasteiger partial charge in [0.2, 0.25) is 5.91 Å². The predicted molar refractivity (Wildman–Crippen MR) is 112 cm³/mol. The molecule has 6 nitrogen and oxygen atoms in total. The smallest absolute Gasteiger partial charge is 0.230 e. The average molecular weight is 401 g/mol. The van der Waals surface area contributed by atoms with E-state index >= 15 is 0 Å². The van der Waals surface area contributed by atoms with Gasteiger partial charge in [0, 0.05) is 35.6 Å². The van der Waals surface area contributed by atoms with E-state index in [1.54, 1.807) is 16.8 Å². The maximum atomic E-state index is 13.4. The summed E-state index contributed by atoms with van der Waals surface area (Å²) in [6.45, 7) is 0.893. The zero-order valence-electron chi connectivity index (χ0n) is 16.3. The molecule has 1 amide bonds. The summed E-state index contributed by atoms with van der Waals surface area (Å²) >= 11 is 0. The van der Waals surface area contributed by atoms with Crippen LogP contribution in [0.3, 0.4) is 0 Å². The number of nitrogens with zero attached hydrogens (tertiary/aromatic N) is 4. The molecule has 0 aliphatic carbocycles. The Bertz CT molecular complexity index is 1170. The van der Waals surface area contributed by atoms with Crippen molar-refractivity contribution in [1.82, 2.24) is 19.6 Å². The maximum absolute atomic E-state index is 13.4. The molecule has 0 saturated heterocycles. The number of rotatable bonds is 5. The highest BCUT2D eigenvalue weighted by Gasteiger charge is 2.18. The lowest BCUT2D eigenvalue weighted by molar-refractivity contribution is -0.115. The third-order valence-electron chi connectivity index (χ3n) is 5.21. The number of hydrogen-bond donors (Lipinski definition) is 1. The third-order valence-corrected chi connectivity index (χ3v) is 5.21. The van der Waals surface area contributed by atoms with Crippen molar-refractivity contribution in [2.45, 2.75) is 25.8 Å². The molecule has 1 N–H and O–H groups in total. The lowest BCUT2D eigenvalue weighted by Crippen LogP contribution is -2.15. The van der Waals surface area contributed by atoms with Gasteiger partial charge in [0.25, 0.3) is 0 Å². The van der Waals surface area contributed by atoms with Crippen molar-refractivity contribution in [2.24, 2.45) is 0 Å². The van der Waals surface area contributed by atoms with Gasteiger partial charge in [0.1, 0.15) is 5.82 Å². The fraction of sp³-hybridized carbons (Fsp3) is 0.174. The van der Waals surface area contributed by atoms with E-state index in [-0.39, 0.29) is 18.1 Å². The number of aryl methyl sites for hydroxylation is 2. The second kappa shape index (κ2) is 7.59. The Kier molecular flexibility index (Phi) is 4.63. The Labute approximate surface area is 173 Å². The van der Waals surface area contributed by atoms with Gasteiger partial charge in [0.05, 0.1) is 17.8 Å². The van der Waals surface area contributed by atoms with E-state index in [1.807, 2.05) is 47.3 Å². The highest BCUT2D eigenvalue weighted by molar-refractivity contribution is 5.92. The molecule has 0 bridgehead atoms. The monoisotopic (exact) mass is 401 g/mol. The largest absolute Gasteiger partial charge is 0.309 e. The van der Waals surface area contributed by atoms with Gasteiger partial charge in [-0.25, -0.2) is 9.07 Å². The maximum Gasteiger partial charge on any atom is 0.230 e. The van der Waals surface area contributed by atoms with Gasteiger partial charge in [-0.15, -0.1) is 0 Å². The van der Waals surface area contributed by atoms with Gasteiger partial charge in [-0.1, -0.05) is 18.2 Å². The second-order valence-electron chi connectivity index (χ2n) is 7.36. The van der Waals surface area contributed by atoms with Gasteiger partial charge >= 0.3 is 0 Å². The molecule has 1 aliphatic rings. The van der Waals surface area contributed by atoms with E-state index in [1.165, 1.54) is 12.1 Å². The second-order valence-corrected chi connectivity index (χ2v) is 7.36. The summed E-state index contributed by atoms with van der Waals surface area (Å²) in [6.07, 6.45) is 4.07. The first-order valence-corrected chi connectivity index (χ1v) is 9.92. The minimum Gasteiger partial charge on any atom is -0.309 e. The number of carbonyl (C=O) groups excluding carboxylic acids is 1. The lowest BCUT2D eigenvalue weighted by Gasteiger charge is -2.04. The molecule has 0 atom stereocenters. The molecule has 5 rings (SSSR count). The van der Waals surface area contributed by atoms with E-state index in [4.69, 9.17) is 0 Å². The zero-order chi connectivity index (χ0) is 20.5. The molecule has 3 heterocycles. The van der Waals surface area contributed by atoms with E-state index < -0.39 is 0 Å². The minimum absolute atomic E-state index is 0.141. The SMILES string of the molecule is O=C(Cc1cn(-c2ccccc2)nc1-c1ccc(F)cc1)Nc1cc2n(n1)CCC2. The number of hydrogen-bond acceptors (Lipinski definition) is 3. The highest BCUT2D eigenvalue weighted by Crippen LogP contribution is 2.25. The molecular formula is C23H20FN5O. The van der Waals surface area contributed by atoms with Crippen molar-refractivity contribution in [1.29, 1.82) is 0 Å². The minimum atomic E-state index is -0.312. The van der Waals surface area contributed by atoms with Gasteiger partial charge in [-0.05, 0) is 49.2 Å². The number of fused-ring (bicyclic) bond motifs is 1. The highest BCUT2D eigenvalue weighted by atomic mass is 19.1. The third kappa shape index (κ3) is 3.61. The van der Waals surface area contributed by atoms with Crippen LogP contribution in [-0.4, -0.2) is 25.5 Å². The summed E-state index contributed by atoms with van der Waals surface area (Å²) in [4.78, 5) is 12.7. The van der Waals surface area contributed by atoms with Crippen molar-refractivity contribution in [3.05, 3.63) is 83.9 Å². The standard InChI is InChI=1S/C23H20FN5O/c24-18-10-8-16(9-11-18)23-17(15-29(27-23)19-5-2-1-3-6-19)13-22(30)25-21-14-20-7-4-12-28(20)26-21/h1-3,5-6,8-11,14-15H,4,7,12-13H2,(H,25,26,30). The van der Waals surface area contributed by atoms with Crippen molar-refractivity contribution in [3.8, 4) is 16.9 Å². The Balaban J connectivity index is 1.43. The van der Waals surface area contributed by atoms with Gasteiger partial charge in [-0.3, -0.25) is 9.48 Å². The zero-order valence-corrected chi connectivity index (χ0v) is 16.3. The van der Waals surface area contributed by atoms with Crippen LogP contribution in [-0.2, 0) is 24.2 Å². The molecule has 30 heavy (non-hydrogen) atoms. The van der Waals surface area contributed by atoms with Crippen molar-refractivity contribution < 1.29 is 9.18 Å². The van der Waals surface area contributed by atoms with Crippen molar-refractivity contribution >= 4 is 11.7 Å². The summed E-state index contributed by atoms with van der Waals surface area (Å²) in [5.74, 6) is 0.101. The fourth-order valence-electron chi connectivity index (χ4n) is 3.78. The summed E-state index contributed by atoms with van der Waals surface area (Å²) in [5.41, 5.74) is 4.21. The van der Waals surface area contributed by atoms with Crippen LogP contribution in [0.2, 0.25) is 0 Å². The number of aromatic nitrogens is 4. The Morgan fingerprint density at radius 3 is 2.63 bits per heavy atom. The summed E-state index contributed by atoms with van der Waals surface area (Å²) < 4.78 is 17.1. The fourth-order valence-corrected chi connectivity index (χ4v) is 3.78. The molecule has 1 aliphatic heterocycles. The van der Waals surface area contributed by atoms with Crippen LogP contribution in [0.15, 0.2) is 66.9 Å². The molecule has 0 unspecified atom stereocenters. The van der Waals surface area contributed by atoms with Crippen LogP contribution in [0, 0.1) is 5.82 Å². The quantitative estimate of drug-likeness (QED) is 0.550. The van der Waals surface area contributed by atoms with Crippen LogP contribution < -0.4 is 5.32 Å². The number of amides is 1. The molecule has 0 spiro atoms. The van der Waals surface area contributed by atoms with Crippen LogP contribution in [0.1, 0.15) is 17.7 Å². The summed E-state index contributed by atoms with van der Waals surface area (Å²) in [5, 5.41) is 12.0. The van der Waals surface area contributed by atoms with Crippen molar-refractivity contribution in [2.75, 3.05) is 5.32 Å². The molecule has 4 aromatic rings. The van der Waals surface area contributed by atoms with Crippen LogP contribution >= 0.6 is 0 Å². The van der Waals surface area contributed by atoms with E-state index in [9.17, 15) is 9.18 Å². The number of halogens is 1. The molecule has 2 aromatic heterocycles. The number of anilines is 1. The van der Waals surface area contributed by atoms with Crippen LogP contribution in [0.5, 0.6) is 0 Å². The normalized spacial score (nSPS) is 12.7. The molecule has 0 fully saturated rings. The van der Waals surface area contributed by atoms with Gasteiger partial charge in [-0.2, -0.15) is 10.2 Å². The first-order chi connectivity index (χ1) is 14.7. The average Bonchev–Trinajstić information content (AvgIpc) is 3.44. The van der Waals surface area contributed by atoms with Crippen LogP contribution in [0.4, 0.5) is 10.2 Å². The van der Waals surface area contributed by atoms with E-state index in [0.29, 0.717) is 11.5 Å². The summed E-state index contributed by atoms with van der Waals surface area (Å²) in [6, 6.07) is 17.8.